The largest absolute Gasteiger partial charge is 0.369 e. The number of hydrogen-bond donors (Lipinski definition) is 1. The van der Waals surface area contributed by atoms with Crippen molar-refractivity contribution in [1.29, 1.82) is 0 Å². The second-order valence-electron chi connectivity index (χ2n) is 3.10. The Morgan fingerprint density at radius 1 is 1.64 bits per heavy atom. The highest BCUT2D eigenvalue weighted by atomic mass is 79.9. The van der Waals surface area contributed by atoms with Gasteiger partial charge in [-0.1, -0.05) is 0 Å². The number of thiophene rings is 1. The summed E-state index contributed by atoms with van der Waals surface area (Å²) in [5, 5.41) is 2.06. The van der Waals surface area contributed by atoms with Crippen LogP contribution in [0.4, 0.5) is 5.95 Å². The van der Waals surface area contributed by atoms with Crippen molar-refractivity contribution in [2.45, 2.75) is 13.5 Å². The van der Waals surface area contributed by atoms with Crippen LogP contribution < -0.4 is 5.73 Å². The van der Waals surface area contributed by atoms with E-state index in [0.29, 0.717) is 5.95 Å². The fourth-order valence-corrected chi connectivity index (χ4v) is 2.75. The van der Waals surface area contributed by atoms with Gasteiger partial charge in [-0.2, -0.15) is 0 Å². The normalized spacial score (nSPS) is 10.7. The topological polar surface area (TPSA) is 43.8 Å². The first-order valence-corrected chi connectivity index (χ1v) is 5.84. The van der Waals surface area contributed by atoms with E-state index in [1.54, 1.807) is 11.3 Å². The fourth-order valence-electron chi connectivity index (χ4n) is 1.30. The Morgan fingerprint density at radius 3 is 2.93 bits per heavy atom. The maximum atomic E-state index is 5.74. The van der Waals surface area contributed by atoms with Crippen molar-refractivity contribution in [2.75, 3.05) is 5.73 Å². The summed E-state index contributed by atoms with van der Waals surface area (Å²) < 4.78 is 3.07. The summed E-state index contributed by atoms with van der Waals surface area (Å²) in [7, 11) is 0. The Kier molecular flexibility index (Phi) is 2.60. The minimum absolute atomic E-state index is 0.576. The van der Waals surface area contributed by atoms with Gasteiger partial charge in [0.25, 0.3) is 0 Å². The molecule has 0 aromatic carbocycles. The van der Waals surface area contributed by atoms with E-state index in [9.17, 15) is 0 Å². The van der Waals surface area contributed by atoms with Gasteiger partial charge in [-0.25, -0.2) is 4.98 Å². The number of hydrogen-bond acceptors (Lipinski definition) is 3. The average Bonchev–Trinajstić information content (AvgIpc) is 2.61. The van der Waals surface area contributed by atoms with Crippen LogP contribution in [0.3, 0.4) is 0 Å². The highest BCUT2D eigenvalue weighted by Crippen LogP contribution is 2.21. The van der Waals surface area contributed by atoms with Crippen molar-refractivity contribution in [2.24, 2.45) is 0 Å². The molecule has 2 rings (SSSR count). The third-order valence-electron chi connectivity index (χ3n) is 1.88. The van der Waals surface area contributed by atoms with Gasteiger partial charge in [-0.3, -0.25) is 0 Å². The van der Waals surface area contributed by atoms with E-state index in [1.807, 2.05) is 17.7 Å². The zero-order chi connectivity index (χ0) is 10.1. The first kappa shape index (κ1) is 9.73. The molecule has 0 fully saturated rings. The molecular formula is C9H10BrN3S. The Bertz CT molecular complexity index is 447. The van der Waals surface area contributed by atoms with E-state index in [2.05, 4.69) is 32.4 Å². The van der Waals surface area contributed by atoms with Crippen LogP contribution in [0.25, 0.3) is 0 Å². The molecule has 0 aliphatic rings. The molecule has 5 heteroatoms. The first-order valence-electron chi connectivity index (χ1n) is 4.17. The SMILES string of the molecule is Cc1cn(Cc2cc(Br)cs2)c(N)n1. The van der Waals surface area contributed by atoms with Gasteiger partial charge in [-0.05, 0) is 28.9 Å². The zero-order valence-electron chi connectivity index (χ0n) is 7.70. The van der Waals surface area contributed by atoms with Gasteiger partial charge in [0.05, 0.1) is 12.2 Å². The van der Waals surface area contributed by atoms with Crippen LogP contribution in [-0.2, 0) is 6.54 Å². The lowest BCUT2D eigenvalue weighted by Gasteiger charge is -2.00. The smallest absolute Gasteiger partial charge is 0.200 e. The van der Waals surface area contributed by atoms with E-state index in [1.165, 1.54) is 4.88 Å². The Balaban J connectivity index is 2.22. The van der Waals surface area contributed by atoms with Gasteiger partial charge >= 0.3 is 0 Å². The zero-order valence-corrected chi connectivity index (χ0v) is 10.1. The predicted molar refractivity (Wildman–Crippen MR) is 62.5 cm³/mol. The van der Waals surface area contributed by atoms with Gasteiger partial charge in [0, 0.05) is 20.9 Å². The first-order chi connectivity index (χ1) is 6.65. The number of nitrogen functional groups attached to an aromatic ring is 1. The molecule has 2 aromatic rings. The van der Waals surface area contributed by atoms with Crippen LogP contribution in [0.5, 0.6) is 0 Å². The molecule has 0 aliphatic heterocycles. The van der Waals surface area contributed by atoms with E-state index in [0.717, 1.165) is 16.7 Å². The number of halogens is 1. The lowest BCUT2D eigenvalue weighted by atomic mass is 10.4. The standard InChI is InChI=1S/C9H10BrN3S/c1-6-3-13(9(11)12-6)4-8-2-7(10)5-14-8/h2-3,5H,4H2,1H3,(H2,11,12). The van der Waals surface area contributed by atoms with E-state index < -0.39 is 0 Å². The van der Waals surface area contributed by atoms with Crippen molar-refractivity contribution >= 4 is 33.2 Å². The molecule has 0 atom stereocenters. The number of imidazole rings is 1. The minimum atomic E-state index is 0.576. The lowest BCUT2D eigenvalue weighted by Crippen LogP contribution is -2.01. The van der Waals surface area contributed by atoms with Crippen LogP contribution in [-0.4, -0.2) is 9.55 Å². The molecule has 2 heterocycles. The third-order valence-corrected chi connectivity index (χ3v) is 3.56. The van der Waals surface area contributed by atoms with Gasteiger partial charge in [0.15, 0.2) is 0 Å². The van der Waals surface area contributed by atoms with Crippen LogP contribution in [0, 0.1) is 6.92 Å². The molecule has 0 saturated heterocycles. The van der Waals surface area contributed by atoms with Crippen molar-refractivity contribution in [1.82, 2.24) is 9.55 Å². The highest BCUT2D eigenvalue weighted by molar-refractivity contribution is 9.10. The Hall–Kier alpha value is -0.810. The molecule has 0 aliphatic carbocycles. The summed E-state index contributed by atoms with van der Waals surface area (Å²) in [6.07, 6.45) is 1.96. The van der Waals surface area contributed by atoms with Crippen molar-refractivity contribution < 1.29 is 0 Å². The molecule has 0 saturated carbocycles. The van der Waals surface area contributed by atoms with Gasteiger partial charge in [0.1, 0.15) is 0 Å². The summed E-state index contributed by atoms with van der Waals surface area (Å²) in [6.45, 7) is 2.74. The van der Waals surface area contributed by atoms with Crippen LogP contribution >= 0.6 is 27.3 Å². The fraction of sp³-hybridized carbons (Fsp3) is 0.222. The average molecular weight is 272 g/mol. The minimum Gasteiger partial charge on any atom is -0.369 e. The molecule has 2 N–H and O–H groups in total. The molecule has 14 heavy (non-hydrogen) atoms. The second-order valence-corrected chi connectivity index (χ2v) is 5.01. The molecular weight excluding hydrogens is 262 g/mol. The maximum Gasteiger partial charge on any atom is 0.200 e. The number of aromatic nitrogens is 2. The third kappa shape index (κ3) is 1.99. The molecule has 0 amide bonds. The number of nitrogens with zero attached hydrogens (tertiary/aromatic N) is 2. The van der Waals surface area contributed by atoms with E-state index in [4.69, 9.17) is 5.73 Å². The molecule has 3 nitrogen and oxygen atoms in total. The Morgan fingerprint density at radius 2 is 2.43 bits per heavy atom. The molecule has 0 spiro atoms. The van der Waals surface area contributed by atoms with Gasteiger partial charge in [0.2, 0.25) is 5.95 Å². The highest BCUT2D eigenvalue weighted by Gasteiger charge is 2.03. The van der Waals surface area contributed by atoms with Crippen LogP contribution in [0.2, 0.25) is 0 Å². The summed E-state index contributed by atoms with van der Waals surface area (Å²) in [5.41, 5.74) is 6.70. The molecule has 2 aromatic heterocycles. The van der Waals surface area contributed by atoms with Gasteiger partial charge < -0.3 is 10.3 Å². The predicted octanol–water partition coefficient (Wildman–Crippen LogP) is 2.65. The molecule has 0 bridgehead atoms. The quantitative estimate of drug-likeness (QED) is 0.913. The number of anilines is 1. The molecule has 0 radical (unpaired) electrons. The van der Waals surface area contributed by atoms with E-state index in [-0.39, 0.29) is 0 Å². The van der Waals surface area contributed by atoms with Crippen molar-refractivity contribution in [3.8, 4) is 0 Å². The lowest BCUT2D eigenvalue weighted by molar-refractivity contribution is 0.823. The van der Waals surface area contributed by atoms with Crippen molar-refractivity contribution in [3.63, 3.8) is 0 Å². The molecule has 74 valence electrons. The van der Waals surface area contributed by atoms with Crippen LogP contribution in [0.1, 0.15) is 10.6 Å². The Labute approximate surface area is 94.7 Å². The summed E-state index contributed by atoms with van der Waals surface area (Å²) in [5.74, 6) is 0.576. The number of rotatable bonds is 2. The second kappa shape index (κ2) is 3.74. The summed E-state index contributed by atoms with van der Waals surface area (Å²) in [4.78, 5) is 5.41. The number of nitrogens with two attached hydrogens (primary N) is 1. The molecule has 0 unspecified atom stereocenters. The summed E-state index contributed by atoms with van der Waals surface area (Å²) in [6, 6.07) is 2.10. The monoisotopic (exact) mass is 271 g/mol. The number of aryl methyl sites for hydroxylation is 1. The van der Waals surface area contributed by atoms with Crippen LogP contribution in [0.15, 0.2) is 22.1 Å². The van der Waals surface area contributed by atoms with Gasteiger partial charge in [-0.15, -0.1) is 11.3 Å². The van der Waals surface area contributed by atoms with E-state index >= 15 is 0 Å². The summed E-state index contributed by atoms with van der Waals surface area (Å²) >= 11 is 5.13. The van der Waals surface area contributed by atoms with Crippen molar-refractivity contribution in [3.05, 3.63) is 32.7 Å². The maximum absolute atomic E-state index is 5.74.